The number of carbonyl (C=O) groups excluding carboxylic acids is 2. The maximum atomic E-state index is 13.0. The van der Waals surface area contributed by atoms with Crippen LogP contribution < -0.4 is 5.32 Å². The van der Waals surface area contributed by atoms with Gasteiger partial charge < -0.3 is 14.8 Å². The molecule has 2 atom stereocenters. The summed E-state index contributed by atoms with van der Waals surface area (Å²) in [6.45, 7) is 6.49. The highest BCUT2D eigenvalue weighted by Crippen LogP contribution is 2.49. The molecule has 0 aromatic carbocycles. The van der Waals surface area contributed by atoms with E-state index in [1.165, 1.54) is 109 Å². The molecule has 1 N–H and O–H groups in total. The third-order valence-corrected chi connectivity index (χ3v) is 10.7. The van der Waals surface area contributed by atoms with Crippen LogP contribution >= 0.6 is 7.82 Å². The number of carbonyl (C=O) groups is 2. The molecule has 0 amide bonds. The molecule has 0 spiro atoms. The Bertz CT molecular complexity index is 871. The predicted molar refractivity (Wildman–Crippen MR) is 216 cm³/mol. The first-order chi connectivity index (χ1) is 25.4. The fraction of sp³-hybridized carbons (Fsp3) is 0.905. The van der Waals surface area contributed by atoms with Crippen LogP contribution in [0.15, 0.2) is 12.2 Å². The lowest BCUT2D eigenvalue weighted by Gasteiger charge is -2.22. The van der Waals surface area contributed by atoms with Gasteiger partial charge in [-0.2, -0.15) is 0 Å². The Morgan fingerprint density at radius 3 is 1.46 bits per heavy atom. The second-order valence-corrected chi connectivity index (χ2v) is 15.9. The summed E-state index contributed by atoms with van der Waals surface area (Å²) in [5.74, 6) is -0.722. The van der Waals surface area contributed by atoms with Crippen LogP contribution in [0.5, 0.6) is 0 Å². The third-order valence-electron chi connectivity index (χ3n) is 9.16. The van der Waals surface area contributed by atoms with Gasteiger partial charge in [-0.15, -0.1) is 0 Å². The predicted octanol–water partition coefficient (Wildman–Crippen LogP) is 12.4. The summed E-state index contributed by atoms with van der Waals surface area (Å²) in [4.78, 5) is 25.3. The van der Waals surface area contributed by atoms with Crippen molar-refractivity contribution in [2.24, 2.45) is 0 Å². The van der Waals surface area contributed by atoms with Crippen molar-refractivity contribution in [3.8, 4) is 0 Å². The Kier molecular flexibility index (Phi) is 38.5. The summed E-state index contributed by atoms with van der Waals surface area (Å²) in [6, 6.07) is 0. The van der Waals surface area contributed by atoms with Crippen LogP contribution in [0.25, 0.3) is 0 Å². The van der Waals surface area contributed by atoms with Gasteiger partial charge in [0.2, 0.25) is 0 Å². The number of esters is 2. The quantitative estimate of drug-likeness (QED) is 0.0282. The molecule has 0 fully saturated rings. The van der Waals surface area contributed by atoms with Crippen molar-refractivity contribution in [1.82, 2.24) is 5.32 Å². The van der Waals surface area contributed by atoms with Crippen molar-refractivity contribution in [3.63, 3.8) is 0 Å². The number of phosphoric ester groups is 1. The topological polar surface area (TPSA) is 109 Å². The monoisotopic (exact) mass is 760 g/mol. The smallest absolute Gasteiger partial charge is 0.462 e. The molecule has 0 saturated heterocycles. The first-order valence-electron chi connectivity index (χ1n) is 21.6. The Balaban J connectivity index is 4.43. The minimum absolute atomic E-state index is 0.127. The molecule has 0 aliphatic carbocycles. The molecule has 0 aliphatic heterocycles. The van der Waals surface area contributed by atoms with Gasteiger partial charge in [-0.3, -0.25) is 23.2 Å². The molecule has 0 rings (SSSR count). The maximum Gasteiger partial charge on any atom is 0.474 e. The lowest BCUT2D eigenvalue weighted by atomic mass is 10.0. The molecular formula is C42H82NO8P. The van der Waals surface area contributed by atoms with Crippen molar-refractivity contribution < 1.29 is 37.2 Å². The fourth-order valence-electron chi connectivity index (χ4n) is 5.95. The Hall–Kier alpha value is -1.25. The van der Waals surface area contributed by atoms with Crippen molar-refractivity contribution in [3.05, 3.63) is 12.2 Å². The first kappa shape index (κ1) is 50.8. The van der Waals surface area contributed by atoms with E-state index in [4.69, 9.17) is 23.0 Å². The molecule has 10 heteroatoms. The van der Waals surface area contributed by atoms with E-state index in [2.05, 4.69) is 31.3 Å². The van der Waals surface area contributed by atoms with E-state index in [-0.39, 0.29) is 44.8 Å². The Morgan fingerprint density at radius 2 is 1.00 bits per heavy atom. The number of likely N-dealkylation sites (N-methyl/N-ethyl adjacent to an activating group) is 1. The summed E-state index contributed by atoms with van der Waals surface area (Å²) in [5, 5.41) is 2.92. The minimum atomic E-state index is -3.87. The van der Waals surface area contributed by atoms with Crippen LogP contribution in [0.1, 0.15) is 201 Å². The summed E-state index contributed by atoms with van der Waals surface area (Å²) in [6.07, 6.45) is 35.8. The number of unbranched alkanes of at least 4 members (excludes halogenated alkanes) is 23. The molecule has 0 aliphatic rings. The molecule has 0 bridgehead atoms. The summed E-state index contributed by atoms with van der Waals surface area (Å²) < 4.78 is 40.4. The molecule has 308 valence electrons. The molecule has 0 aromatic rings. The van der Waals surface area contributed by atoms with Crippen LogP contribution in [-0.2, 0) is 37.2 Å². The highest BCUT2D eigenvalue weighted by Gasteiger charge is 2.29. The number of ether oxygens (including phenoxy) is 2. The molecule has 0 heterocycles. The van der Waals surface area contributed by atoms with E-state index in [1.54, 1.807) is 14.0 Å². The van der Waals surface area contributed by atoms with Gasteiger partial charge in [-0.25, -0.2) is 4.57 Å². The second-order valence-electron chi connectivity index (χ2n) is 14.2. The van der Waals surface area contributed by atoms with E-state index >= 15 is 0 Å². The minimum Gasteiger partial charge on any atom is -0.462 e. The van der Waals surface area contributed by atoms with Crippen LogP contribution in [0, 0.1) is 0 Å². The standard InChI is InChI=1S/C42H82NO8P/c1-5-8-10-12-14-16-18-20-21-23-25-27-29-31-33-35-42(45)51-40(39-50-52(46,48-7-3)49-37-36-43-4)38-47-41(44)34-32-30-28-26-24-22-19-17-15-13-11-9-6-2/h20-21,40,43H,5-19,22-39H2,1-4H3/b21-20-/t40-,52?/m0/s1. The molecule has 52 heavy (non-hydrogen) atoms. The van der Waals surface area contributed by atoms with Crippen LogP contribution in [0.2, 0.25) is 0 Å². The fourth-order valence-corrected chi connectivity index (χ4v) is 7.15. The summed E-state index contributed by atoms with van der Waals surface area (Å²) >= 11 is 0. The number of hydrogen-bond donors (Lipinski definition) is 1. The van der Waals surface area contributed by atoms with E-state index in [9.17, 15) is 14.2 Å². The lowest BCUT2D eigenvalue weighted by molar-refractivity contribution is -0.161. The highest BCUT2D eigenvalue weighted by molar-refractivity contribution is 7.48. The zero-order valence-electron chi connectivity index (χ0n) is 34.3. The summed E-state index contributed by atoms with van der Waals surface area (Å²) in [7, 11) is -2.11. The van der Waals surface area contributed by atoms with Gasteiger partial charge in [-0.1, -0.05) is 154 Å². The SMILES string of the molecule is CCCCCCCC/C=C\CCCCCCCC(=O)O[C@@H](COC(=O)CCCCCCCCCCCCCCC)COP(=O)(OCC)OCCNC. The van der Waals surface area contributed by atoms with Gasteiger partial charge in [0.25, 0.3) is 0 Å². The van der Waals surface area contributed by atoms with Gasteiger partial charge in [0.1, 0.15) is 6.61 Å². The summed E-state index contributed by atoms with van der Waals surface area (Å²) in [5.41, 5.74) is 0. The molecule has 0 aromatic heterocycles. The van der Waals surface area contributed by atoms with Crippen molar-refractivity contribution in [2.75, 3.05) is 40.0 Å². The first-order valence-corrected chi connectivity index (χ1v) is 23.0. The molecular weight excluding hydrogens is 677 g/mol. The van der Waals surface area contributed by atoms with E-state index in [0.717, 1.165) is 57.8 Å². The van der Waals surface area contributed by atoms with Gasteiger partial charge in [0.15, 0.2) is 6.10 Å². The molecule has 0 saturated carbocycles. The number of hydrogen-bond acceptors (Lipinski definition) is 9. The normalized spacial score (nSPS) is 13.4. The molecule has 9 nitrogen and oxygen atoms in total. The van der Waals surface area contributed by atoms with Crippen LogP contribution in [0.3, 0.4) is 0 Å². The van der Waals surface area contributed by atoms with E-state index in [1.807, 2.05) is 0 Å². The van der Waals surface area contributed by atoms with Gasteiger partial charge >= 0.3 is 19.8 Å². The van der Waals surface area contributed by atoms with Crippen molar-refractivity contribution in [1.29, 1.82) is 0 Å². The van der Waals surface area contributed by atoms with Crippen LogP contribution in [-0.4, -0.2) is 58.1 Å². The van der Waals surface area contributed by atoms with Gasteiger partial charge in [-0.05, 0) is 52.5 Å². The van der Waals surface area contributed by atoms with E-state index < -0.39 is 13.9 Å². The second kappa shape index (κ2) is 39.4. The number of phosphoric acid groups is 1. The maximum absolute atomic E-state index is 13.0. The zero-order chi connectivity index (χ0) is 38.2. The highest BCUT2D eigenvalue weighted by atomic mass is 31.2. The van der Waals surface area contributed by atoms with Crippen molar-refractivity contribution >= 4 is 19.8 Å². The van der Waals surface area contributed by atoms with Crippen molar-refractivity contribution in [2.45, 2.75) is 207 Å². The molecule has 1 unspecified atom stereocenters. The van der Waals surface area contributed by atoms with Gasteiger partial charge in [0.05, 0.1) is 19.8 Å². The number of rotatable bonds is 41. The average Bonchev–Trinajstić information content (AvgIpc) is 3.13. The third kappa shape index (κ3) is 35.8. The number of nitrogens with one attached hydrogen (secondary N) is 1. The van der Waals surface area contributed by atoms with Gasteiger partial charge in [0, 0.05) is 19.4 Å². The average molecular weight is 760 g/mol. The largest absolute Gasteiger partial charge is 0.474 e. The number of allylic oxidation sites excluding steroid dienone is 2. The Morgan fingerprint density at radius 1 is 0.558 bits per heavy atom. The molecule has 0 radical (unpaired) electrons. The lowest BCUT2D eigenvalue weighted by Crippen LogP contribution is -2.30. The van der Waals surface area contributed by atoms with Crippen LogP contribution in [0.4, 0.5) is 0 Å². The van der Waals surface area contributed by atoms with E-state index in [0.29, 0.717) is 13.0 Å². The zero-order valence-corrected chi connectivity index (χ0v) is 35.2. The Labute approximate surface area is 320 Å².